The smallest absolute Gasteiger partial charge is 0.261 e. The van der Waals surface area contributed by atoms with Crippen LogP contribution < -0.4 is 4.74 Å². The van der Waals surface area contributed by atoms with Crippen LogP contribution in [-0.4, -0.2) is 29.9 Å². The number of methoxy groups -OCH3 is 1. The Labute approximate surface area is 128 Å². The largest absolute Gasteiger partial charge is 0.497 e. The number of hydrogen-bond acceptors (Lipinski definition) is 3. The molecule has 4 nitrogen and oxygen atoms in total. The van der Waals surface area contributed by atoms with E-state index in [9.17, 15) is 9.59 Å². The minimum absolute atomic E-state index is 0.0270. The predicted octanol–water partition coefficient (Wildman–Crippen LogP) is 2.85. The first kappa shape index (κ1) is 13.1. The predicted molar refractivity (Wildman–Crippen MR) is 81.1 cm³/mol. The van der Waals surface area contributed by atoms with Gasteiger partial charge in [-0.2, -0.15) is 0 Å². The highest BCUT2D eigenvalue weighted by Crippen LogP contribution is 2.47. The molecule has 1 aliphatic carbocycles. The number of benzene rings is 2. The van der Waals surface area contributed by atoms with Gasteiger partial charge in [0.05, 0.1) is 18.2 Å². The van der Waals surface area contributed by atoms with Crippen molar-refractivity contribution in [3.8, 4) is 5.75 Å². The van der Waals surface area contributed by atoms with Crippen LogP contribution in [0.2, 0.25) is 0 Å². The van der Waals surface area contributed by atoms with E-state index in [0.29, 0.717) is 11.1 Å². The summed E-state index contributed by atoms with van der Waals surface area (Å²) in [4.78, 5) is 26.3. The Morgan fingerprint density at radius 1 is 0.955 bits per heavy atom. The van der Waals surface area contributed by atoms with Crippen LogP contribution in [0.1, 0.15) is 38.6 Å². The number of imide groups is 1. The summed E-state index contributed by atoms with van der Waals surface area (Å²) in [6.45, 7) is 0. The molecule has 0 bridgehead atoms. The number of carbonyl (C=O) groups excluding carboxylic acids is 2. The van der Waals surface area contributed by atoms with Gasteiger partial charge in [0.1, 0.15) is 5.75 Å². The van der Waals surface area contributed by atoms with Gasteiger partial charge in [-0.15, -0.1) is 0 Å². The van der Waals surface area contributed by atoms with E-state index >= 15 is 0 Å². The maximum Gasteiger partial charge on any atom is 0.261 e. The van der Waals surface area contributed by atoms with E-state index < -0.39 is 0 Å². The molecule has 2 aromatic carbocycles. The SMILES string of the molecule is COc1ccc(C2CC2N2C(=O)c3ccccc3C2=O)cc1. The van der Waals surface area contributed by atoms with Crippen molar-refractivity contribution in [2.45, 2.75) is 18.4 Å². The number of carbonyl (C=O) groups is 2. The lowest BCUT2D eigenvalue weighted by Gasteiger charge is -2.13. The van der Waals surface area contributed by atoms with Crippen LogP contribution in [-0.2, 0) is 0 Å². The second kappa shape index (κ2) is 4.70. The van der Waals surface area contributed by atoms with Gasteiger partial charge in [0, 0.05) is 12.0 Å². The van der Waals surface area contributed by atoms with Crippen LogP contribution in [0.5, 0.6) is 5.75 Å². The van der Waals surface area contributed by atoms with E-state index in [1.54, 1.807) is 31.4 Å². The molecule has 4 rings (SSSR count). The Morgan fingerprint density at radius 3 is 2.09 bits per heavy atom. The fraction of sp³-hybridized carbons (Fsp3) is 0.222. The van der Waals surface area contributed by atoms with Crippen molar-refractivity contribution in [2.24, 2.45) is 0 Å². The number of hydrogen-bond donors (Lipinski definition) is 0. The third-order valence-corrected chi connectivity index (χ3v) is 4.46. The number of ether oxygens (including phenoxy) is 1. The van der Waals surface area contributed by atoms with Crippen molar-refractivity contribution in [2.75, 3.05) is 7.11 Å². The lowest BCUT2D eigenvalue weighted by atomic mass is 10.1. The van der Waals surface area contributed by atoms with Gasteiger partial charge < -0.3 is 4.74 Å². The highest BCUT2D eigenvalue weighted by atomic mass is 16.5. The molecule has 110 valence electrons. The highest BCUT2D eigenvalue weighted by Gasteiger charge is 2.51. The van der Waals surface area contributed by atoms with Crippen molar-refractivity contribution in [3.63, 3.8) is 0 Å². The molecule has 0 spiro atoms. The Hall–Kier alpha value is -2.62. The third-order valence-electron chi connectivity index (χ3n) is 4.46. The van der Waals surface area contributed by atoms with E-state index in [1.807, 2.05) is 24.3 Å². The molecule has 1 fully saturated rings. The van der Waals surface area contributed by atoms with Gasteiger partial charge in [-0.05, 0) is 36.2 Å². The molecule has 2 amide bonds. The Morgan fingerprint density at radius 2 is 1.55 bits per heavy atom. The summed E-state index contributed by atoms with van der Waals surface area (Å²) in [5, 5.41) is 0. The van der Waals surface area contributed by atoms with Crippen LogP contribution in [0.4, 0.5) is 0 Å². The van der Waals surface area contributed by atoms with Gasteiger partial charge in [-0.25, -0.2) is 0 Å². The van der Waals surface area contributed by atoms with Crippen molar-refractivity contribution < 1.29 is 14.3 Å². The summed E-state index contributed by atoms with van der Waals surface area (Å²) in [5.41, 5.74) is 2.18. The fourth-order valence-corrected chi connectivity index (χ4v) is 3.19. The standard InChI is InChI=1S/C18H15NO3/c1-22-12-8-6-11(7-9-12)15-10-16(15)19-17(20)13-4-2-3-5-14(13)18(19)21/h2-9,15-16H,10H2,1H3. The molecule has 0 N–H and O–H groups in total. The molecule has 2 aliphatic rings. The molecule has 2 unspecified atom stereocenters. The van der Waals surface area contributed by atoms with E-state index in [1.165, 1.54) is 4.90 Å². The minimum atomic E-state index is -0.165. The monoisotopic (exact) mass is 293 g/mol. The van der Waals surface area contributed by atoms with Crippen molar-refractivity contribution in [1.82, 2.24) is 4.90 Å². The van der Waals surface area contributed by atoms with Gasteiger partial charge in [0.15, 0.2) is 0 Å². The first-order valence-electron chi connectivity index (χ1n) is 7.31. The van der Waals surface area contributed by atoms with Gasteiger partial charge in [-0.3, -0.25) is 14.5 Å². The summed E-state index contributed by atoms with van der Waals surface area (Å²) >= 11 is 0. The van der Waals surface area contributed by atoms with Crippen molar-refractivity contribution >= 4 is 11.8 Å². The molecule has 0 radical (unpaired) electrons. The van der Waals surface area contributed by atoms with E-state index in [-0.39, 0.29) is 23.8 Å². The summed E-state index contributed by atoms with van der Waals surface area (Å²) in [5.74, 6) is 0.707. The van der Waals surface area contributed by atoms with Gasteiger partial charge in [-0.1, -0.05) is 24.3 Å². The van der Waals surface area contributed by atoms with Crippen molar-refractivity contribution in [3.05, 3.63) is 65.2 Å². The lowest BCUT2D eigenvalue weighted by Crippen LogP contribution is -2.32. The van der Waals surface area contributed by atoms with Crippen LogP contribution in [0, 0.1) is 0 Å². The third kappa shape index (κ3) is 1.84. The summed E-state index contributed by atoms with van der Waals surface area (Å²) in [7, 11) is 1.63. The Kier molecular flexibility index (Phi) is 2.79. The molecule has 2 aromatic rings. The van der Waals surface area contributed by atoms with Gasteiger partial charge >= 0.3 is 0 Å². The molecule has 4 heteroatoms. The zero-order chi connectivity index (χ0) is 15.3. The number of amides is 2. The number of rotatable bonds is 3. The van der Waals surface area contributed by atoms with Gasteiger partial charge in [0.25, 0.3) is 11.8 Å². The van der Waals surface area contributed by atoms with Crippen LogP contribution in [0.3, 0.4) is 0 Å². The summed E-state index contributed by atoms with van der Waals surface area (Å²) in [6, 6.07) is 14.8. The normalized spacial score (nSPS) is 22.7. The quantitative estimate of drug-likeness (QED) is 0.818. The summed E-state index contributed by atoms with van der Waals surface area (Å²) < 4.78 is 5.15. The summed E-state index contributed by atoms with van der Waals surface area (Å²) in [6.07, 6.45) is 0.831. The number of fused-ring (bicyclic) bond motifs is 1. The van der Waals surface area contributed by atoms with E-state index in [0.717, 1.165) is 17.7 Å². The van der Waals surface area contributed by atoms with E-state index in [2.05, 4.69) is 0 Å². The number of nitrogens with zero attached hydrogens (tertiary/aromatic N) is 1. The van der Waals surface area contributed by atoms with Crippen LogP contribution >= 0.6 is 0 Å². The first-order chi connectivity index (χ1) is 10.7. The zero-order valence-corrected chi connectivity index (χ0v) is 12.2. The second-order valence-corrected chi connectivity index (χ2v) is 5.71. The first-order valence-corrected chi connectivity index (χ1v) is 7.31. The maximum absolute atomic E-state index is 12.5. The van der Waals surface area contributed by atoms with Crippen molar-refractivity contribution in [1.29, 1.82) is 0 Å². The molecule has 22 heavy (non-hydrogen) atoms. The molecule has 1 heterocycles. The van der Waals surface area contributed by atoms with E-state index in [4.69, 9.17) is 4.74 Å². The molecule has 0 saturated heterocycles. The Balaban J connectivity index is 1.58. The maximum atomic E-state index is 12.5. The Bertz CT molecular complexity index is 731. The molecule has 1 saturated carbocycles. The molecule has 2 atom stereocenters. The van der Waals surface area contributed by atoms with Gasteiger partial charge in [0.2, 0.25) is 0 Å². The average molecular weight is 293 g/mol. The van der Waals surface area contributed by atoms with Crippen LogP contribution in [0.25, 0.3) is 0 Å². The molecular formula is C18H15NO3. The average Bonchev–Trinajstić information content (AvgIpc) is 3.30. The lowest BCUT2D eigenvalue weighted by molar-refractivity contribution is 0.0639. The fourth-order valence-electron chi connectivity index (χ4n) is 3.19. The molecule has 1 aliphatic heterocycles. The topological polar surface area (TPSA) is 46.6 Å². The minimum Gasteiger partial charge on any atom is -0.497 e. The highest BCUT2D eigenvalue weighted by molar-refractivity contribution is 6.21. The zero-order valence-electron chi connectivity index (χ0n) is 12.2. The van der Waals surface area contributed by atoms with Crippen LogP contribution in [0.15, 0.2) is 48.5 Å². The molecule has 0 aromatic heterocycles. The molecular weight excluding hydrogens is 278 g/mol. The second-order valence-electron chi connectivity index (χ2n) is 5.71.